The second kappa shape index (κ2) is 7.03. The normalized spacial score (nSPS) is 18.0. The fourth-order valence-electron chi connectivity index (χ4n) is 2.89. The van der Waals surface area contributed by atoms with Crippen LogP contribution in [0.4, 0.5) is 0 Å². The molecule has 0 amide bonds. The smallest absolute Gasteiger partial charge is 0.103 e. The molecule has 0 spiro atoms. The number of ether oxygens (including phenoxy) is 2. The van der Waals surface area contributed by atoms with E-state index >= 15 is 0 Å². The van der Waals surface area contributed by atoms with Gasteiger partial charge < -0.3 is 14.6 Å². The van der Waals surface area contributed by atoms with Crippen LogP contribution in [-0.4, -0.2) is 31.5 Å². The van der Waals surface area contributed by atoms with Crippen LogP contribution >= 0.6 is 0 Å². The van der Waals surface area contributed by atoms with Crippen LogP contribution in [0.3, 0.4) is 0 Å². The van der Waals surface area contributed by atoms with Gasteiger partial charge in [0, 0.05) is 19.8 Å². The third-order valence-corrected chi connectivity index (χ3v) is 4.15. The highest BCUT2D eigenvalue weighted by Gasteiger charge is 2.16. The fraction of sp³-hybridized carbons (Fsp3) is 0.444. The van der Waals surface area contributed by atoms with Crippen molar-refractivity contribution in [2.75, 3.05) is 26.4 Å². The van der Waals surface area contributed by atoms with Crippen LogP contribution in [0.2, 0.25) is 0 Å². The van der Waals surface area contributed by atoms with Gasteiger partial charge in [-0.1, -0.05) is 42.5 Å². The van der Waals surface area contributed by atoms with Gasteiger partial charge in [0.05, 0.1) is 6.61 Å². The Balaban J connectivity index is 1.60. The molecule has 1 heterocycles. The summed E-state index contributed by atoms with van der Waals surface area (Å²) in [6, 6.07) is 14.2. The molecule has 2 aromatic rings. The number of hydrogen-bond acceptors (Lipinski definition) is 3. The summed E-state index contributed by atoms with van der Waals surface area (Å²) in [5.74, 6) is 0.568. The number of benzene rings is 2. The molecular formula is C18H22O3. The van der Waals surface area contributed by atoms with Crippen molar-refractivity contribution in [2.45, 2.75) is 18.9 Å². The Kier molecular flexibility index (Phi) is 4.86. The van der Waals surface area contributed by atoms with E-state index in [0.29, 0.717) is 19.1 Å². The van der Waals surface area contributed by atoms with Crippen LogP contribution in [0.15, 0.2) is 42.5 Å². The van der Waals surface area contributed by atoms with E-state index in [1.165, 1.54) is 0 Å². The van der Waals surface area contributed by atoms with Crippen LogP contribution in [-0.2, 0) is 9.47 Å². The zero-order chi connectivity index (χ0) is 14.5. The predicted molar refractivity (Wildman–Crippen MR) is 83.3 cm³/mol. The lowest BCUT2D eigenvalue weighted by atomic mass is 10.0. The monoisotopic (exact) mass is 286 g/mol. The lowest BCUT2D eigenvalue weighted by Gasteiger charge is -2.22. The van der Waals surface area contributed by atoms with E-state index in [4.69, 9.17) is 9.47 Å². The van der Waals surface area contributed by atoms with E-state index < -0.39 is 6.10 Å². The molecule has 112 valence electrons. The number of hydrogen-bond donors (Lipinski definition) is 1. The molecule has 1 aliphatic rings. The summed E-state index contributed by atoms with van der Waals surface area (Å²) in [4.78, 5) is 0. The summed E-state index contributed by atoms with van der Waals surface area (Å²) in [5.41, 5.74) is 0.945. The van der Waals surface area contributed by atoms with Crippen molar-refractivity contribution in [1.29, 1.82) is 0 Å². The van der Waals surface area contributed by atoms with E-state index in [1.807, 2.05) is 30.3 Å². The van der Waals surface area contributed by atoms with E-state index in [9.17, 15) is 5.11 Å². The van der Waals surface area contributed by atoms with Crippen molar-refractivity contribution < 1.29 is 14.6 Å². The zero-order valence-electron chi connectivity index (χ0n) is 12.2. The van der Waals surface area contributed by atoms with Gasteiger partial charge in [-0.25, -0.2) is 0 Å². The zero-order valence-corrected chi connectivity index (χ0v) is 12.2. The summed E-state index contributed by atoms with van der Waals surface area (Å²) in [6.45, 7) is 2.73. The first-order valence-electron chi connectivity index (χ1n) is 7.66. The first kappa shape index (κ1) is 14.5. The molecule has 1 atom stereocenters. The number of aliphatic hydroxyl groups is 1. The Morgan fingerprint density at radius 1 is 1.10 bits per heavy atom. The van der Waals surface area contributed by atoms with Crippen LogP contribution in [0.1, 0.15) is 24.5 Å². The van der Waals surface area contributed by atoms with Gasteiger partial charge in [0.1, 0.15) is 6.10 Å². The van der Waals surface area contributed by atoms with Crippen molar-refractivity contribution in [3.63, 3.8) is 0 Å². The molecule has 21 heavy (non-hydrogen) atoms. The Morgan fingerprint density at radius 2 is 1.86 bits per heavy atom. The Hall–Kier alpha value is -1.42. The van der Waals surface area contributed by atoms with Gasteiger partial charge >= 0.3 is 0 Å². The van der Waals surface area contributed by atoms with Crippen molar-refractivity contribution >= 4 is 10.8 Å². The largest absolute Gasteiger partial charge is 0.386 e. The maximum atomic E-state index is 10.4. The molecular weight excluding hydrogens is 264 g/mol. The summed E-state index contributed by atoms with van der Waals surface area (Å²) < 4.78 is 11.1. The molecule has 3 heteroatoms. The SMILES string of the molecule is OC(COCC1CCOCC1)c1cccc2ccccc12. The van der Waals surface area contributed by atoms with E-state index in [-0.39, 0.29) is 0 Å². The minimum atomic E-state index is -0.573. The van der Waals surface area contributed by atoms with Crippen molar-refractivity contribution in [3.05, 3.63) is 48.0 Å². The highest BCUT2D eigenvalue weighted by Crippen LogP contribution is 2.25. The lowest BCUT2D eigenvalue weighted by molar-refractivity contribution is -0.00932. The molecule has 1 N–H and O–H groups in total. The molecule has 1 unspecified atom stereocenters. The van der Waals surface area contributed by atoms with Crippen LogP contribution in [0.5, 0.6) is 0 Å². The second-order valence-electron chi connectivity index (χ2n) is 5.68. The Bertz CT molecular complexity index is 570. The van der Waals surface area contributed by atoms with Gasteiger partial charge in [0.15, 0.2) is 0 Å². The standard InChI is InChI=1S/C18H22O3/c19-18(13-21-12-14-8-10-20-11-9-14)17-7-3-5-15-4-1-2-6-16(15)17/h1-7,14,18-19H,8-13H2. The van der Waals surface area contributed by atoms with Crippen molar-refractivity contribution in [3.8, 4) is 0 Å². The number of fused-ring (bicyclic) bond motifs is 1. The molecule has 3 nitrogen and oxygen atoms in total. The second-order valence-corrected chi connectivity index (χ2v) is 5.68. The molecule has 0 bridgehead atoms. The molecule has 3 rings (SSSR count). The predicted octanol–water partition coefficient (Wildman–Crippen LogP) is 3.32. The summed E-state index contributed by atoms with van der Waals surface area (Å²) >= 11 is 0. The van der Waals surface area contributed by atoms with Gasteiger partial charge in [0.2, 0.25) is 0 Å². The molecule has 1 saturated heterocycles. The maximum Gasteiger partial charge on any atom is 0.103 e. The lowest BCUT2D eigenvalue weighted by Crippen LogP contribution is -2.21. The summed E-state index contributed by atoms with van der Waals surface area (Å²) in [6.07, 6.45) is 1.55. The van der Waals surface area contributed by atoms with Crippen molar-refractivity contribution in [2.24, 2.45) is 5.92 Å². The number of rotatable bonds is 5. The Labute approximate surface area is 125 Å². The highest BCUT2D eigenvalue weighted by atomic mass is 16.5. The number of aliphatic hydroxyl groups excluding tert-OH is 1. The quantitative estimate of drug-likeness (QED) is 0.916. The third kappa shape index (κ3) is 3.62. The highest BCUT2D eigenvalue weighted by molar-refractivity contribution is 5.85. The van der Waals surface area contributed by atoms with Crippen LogP contribution in [0, 0.1) is 5.92 Å². The first-order chi connectivity index (χ1) is 10.3. The van der Waals surface area contributed by atoms with Crippen LogP contribution < -0.4 is 0 Å². The maximum absolute atomic E-state index is 10.4. The van der Waals surface area contributed by atoms with Gasteiger partial charge in [-0.3, -0.25) is 0 Å². The van der Waals surface area contributed by atoms with Gasteiger partial charge in [-0.2, -0.15) is 0 Å². The summed E-state index contributed by atoms with van der Waals surface area (Å²) in [7, 11) is 0. The van der Waals surface area contributed by atoms with Gasteiger partial charge in [0.25, 0.3) is 0 Å². The average molecular weight is 286 g/mol. The van der Waals surface area contributed by atoms with E-state index in [2.05, 4.69) is 12.1 Å². The molecule has 1 aliphatic heterocycles. The van der Waals surface area contributed by atoms with Gasteiger partial charge in [-0.05, 0) is 35.1 Å². The molecule has 0 saturated carbocycles. The van der Waals surface area contributed by atoms with Gasteiger partial charge in [-0.15, -0.1) is 0 Å². The van der Waals surface area contributed by atoms with Crippen LogP contribution in [0.25, 0.3) is 10.8 Å². The Morgan fingerprint density at radius 3 is 2.71 bits per heavy atom. The fourth-order valence-corrected chi connectivity index (χ4v) is 2.89. The third-order valence-electron chi connectivity index (χ3n) is 4.15. The molecule has 0 radical (unpaired) electrons. The molecule has 0 aliphatic carbocycles. The minimum Gasteiger partial charge on any atom is -0.386 e. The average Bonchev–Trinajstić information content (AvgIpc) is 2.55. The van der Waals surface area contributed by atoms with E-state index in [1.54, 1.807) is 0 Å². The summed E-state index contributed by atoms with van der Waals surface area (Å²) in [5, 5.41) is 12.6. The molecule has 1 fully saturated rings. The molecule has 2 aromatic carbocycles. The van der Waals surface area contributed by atoms with Crippen molar-refractivity contribution in [1.82, 2.24) is 0 Å². The minimum absolute atomic E-state index is 0.353. The first-order valence-corrected chi connectivity index (χ1v) is 7.66. The van der Waals surface area contributed by atoms with E-state index in [0.717, 1.165) is 42.4 Å². The topological polar surface area (TPSA) is 38.7 Å². The molecule has 0 aromatic heterocycles.